The molecule has 19 heavy (non-hydrogen) atoms. The highest BCUT2D eigenvalue weighted by molar-refractivity contribution is 5.73. The molecule has 4 N–H and O–H groups in total. The van der Waals surface area contributed by atoms with Crippen molar-refractivity contribution in [2.75, 3.05) is 0 Å². The lowest BCUT2D eigenvalue weighted by Gasteiger charge is -2.07. The number of carboxylic acids is 1. The third-order valence-corrected chi connectivity index (χ3v) is 2.38. The third kappa shape index (κ3) is 4.55. The van der Waals surface area contributed by atoms with Crippen LogP contribution in [0.2, 0.25) is 0 Å². The van der Waals surface area contributed by atoms with Crippen molar-refractivity contribution < 1.29 is 15.1 Å². The van der Waals surface area contributed by atoms with Crippen LogP contribution in [-0.4, -0.2) is 37.5 Å². The molecule has 0 saturated heterocycles. The van der Waals surface area contributed by atoms with Gasteiger partial charge in [-0.15, -0.1) is 5.10 Å². The molecule has 1 aromatic carbocycles. The summed E-state index contributed by atoms with van der Waals surface area (Å²) in [7, 11) is 0. The van der Waals surface area contributed by atoms with E-state index in [-0.39, 0.29) is 0 Å². The molecule has 0 aliphatic carbocycles. The Bertz CT molecular complexity index is 539. The predicted octanol–water partition coefficient (Wildman–Crippen LogP) is 1.11. The Morgan fingerprint density at radius 1 is 1.42 bits per heavy atom. The molecule has 2 rings (SSSR count). The van der Waals surface area contributed by atoms with Gasteiger partial charge in [-0.2, -0.15) is 0 Å². The van der Waals surface area contributed by atoms with Crippen LogP contribution < -0.4 is 5.73 Å². The van der Waals surface area contributed by atoms with Gasteiger partial charge in [0.2, 0.25) is 0 Å². The molecular weight excluding hydrogens is 248 g/mol. The van der Waals surface area contributed by atoms with Crippen LogP contribution in [0.15, 0.2) is 24.3 Å². The van der Waals surface area contributed by atoms with Gasteiger partial charge >= 0.3 is 5.97 Å². The van der Waals surface area contributed by atoms with Crippen molar-refractivity contribution in [2.45, 2.75) is 26.3 Å². The molecule has 0 aliphatic rings. The normalized spacial score (nSPS) is 12.0. The second-order valence-electron chi connectivity index (χ2n) is 4.54. The fourth-order valence-corrected chi connectivity index (χ4v) is 1.47. The maximum atomic E-state index is 10.1. The van der Waals surface area contributed by atoms with Crippen LogP contribution in [0, 0.1) is 5.92 Å². The van der Waals surface area contributed by atoms with Crippen molar-refractivity contribution >= 4 is 17.0 Å². The Morgan fingerprint density at radius 3 is 2.53 bits per heavy atom. The van der Waals surface area contributed by atoms with Crippen molar-refractivity contribution in [2.24, 2.45) is 11.7 Å². The standard InChI is InChI=1S/C6H5N3O.C6H13NO2/c10-9-6-4-2-1-3-5(6)7-8-9;1-4(2)3-5(7)6(8)9/h1-4,10H;4-5H,3,7H2,1-2H3,(H,8,9). The number of nitrogens with two attached hydrogens (primary N) is 1. The summed E-state index contributed by atoms with van der Waals surface area (Å²) in [5, 5.41) is 24.4. The minimum Gasteiger partial charge on any atom is -0.480 e. The van der Waals surface area contributed by atoms with Crippen molar-refractivity contribution in [3.63, 3.8) is 0 Å². The second kappa shape index (κ2) is 6.69. The third-order valence-electron chi connectivity index (χ3n) is 2.38. The van der Waals surface area contributed by atoms with Crippen LogP contribution in [-0.2, 0) is 4.79 Å². The molecule has 7 nitrogen and oxygen atoms in total. The van der Waals surface area contributed by atoms with Gasteiger partial charge in [0.25, 0.3) is 0 Å². The summed E-state index contributed by atoms with van der Waals surface area (Å²) in [6.45, 7) is 3.89. The van der Waals surface area contributed by atoms with Crippen LogP contribution in [0.3, 0.4) is 0 Å². The van der Waals surface area contributed by atoms with E-state index in [0.717, 1.165) is 4.85 Å². The number of para-hydroxylation sites is 1. The molecule has 0 bridgehead atoms. The molecule has 104 valence electrons. The zero-order valence-corrected chi connectivity index (χ0v) is 10.9. The lowest BCUT2D eigenvalue weighted by atomic mass is 10.1. The van der Waals surface area contributed by atoms with Crippen molar-refractivity contribution in [1.29, 1.82) is 0 Å². The van der Waals surface area contributed by atoms with E-state index in [2.05, 4.69) is 10.3 Å². The van der Waals surface area contributed by atoms with Gasteiger partial charge in [0.1, 0.15) is 17.1 Å². The Hall–Kier alpha value is -2.15. The molecule has 7 heteroatoms. The second-order valence-corrected chi connectivity index (χ2v) is 4.54. The molecule has 1 atom stereocenters. The SMILES string of the molecule is CC(C)CC(N)C(=O)O.On1nnc2ccccc21. The number of carbonyl (C=O) groups is 1. The van der Waals surface area contributed by atoms with Crippen LogP contribution in [0.4, 0.5) is 0 Å². The van der Waals surface area contributed by atoms with Gasteiger partial charge in [0, 0.05) is 0 Å². The topological polar surface area (TPSA) is 114 Å². The molecular formula is C12H18N4O3. The number of fused-ring (bicyclic) bond motifs is 1. The average Bonchev–Trinajstić information content (AvgIpc) is 2.72. The minimum absolute atomic E-state index is 0.357. The molecule has 2 aromatic rings. The predicted molar refractivity (Wildman–Crippen MR) is 69.8 cm³/mol. The van der Waals surface area contributed by atoms with E-state index in [1.807, 2.05) is 26.0 Å². The molecule has 0 amide bonds. The number of rotatable bonds is 3. The van der Waals surface area contributed by atoms with Gasteiger partial charge in [-0.25, -0.2) is 0 Å². The Labute approximate surface area is 110 Å². The highest BCUT2D eigenvalue weighted by Gasteiger charge is 2.11. The summed E-state index contributed by atoms with van der Waals surface area (Å²) in [5.41, 5.74) is 6.54. The first-order valence-corrected chi connectivity index (χ1v) is 5.90. The maximum Gasteiger partial charge on any atom is 0.320 e. The summed E-state index contributed by atoms with van der Waals surface area (Å²) < 4.78 is 0. The highest BCUT2D eigenvalue weighted by Crippen LogP contribution is 2.06. The Kier molecular flexibility index (Phi) is 5.25. The molecule has 0 saturated carbocycles. The van der Waals surface area contributed by atoms with Crippen LogP contribution in [0.25, 0.3) is 11.0 Å². The summed E-state index contributed by atoms with van der Waals surface area (Å²) in [6, 6.07) is 6.50. The Balaban J connectivity index is 0.000000192. The van der Waals surface area contributed by atoms with Gasteiger partial charge in [-0.1, -0.05) is 30.8 Å². The largest absolute Gasteiger partial charge is 0.480 e. The smallest absolute Gasteiger partial charge is 0.320 e. The first-order chi connectivity index (χ1) is 8.91. The lowest BCUT2D eigenvalue weighted by Crippen LogP contribution is -2.31. The first-order valence-electron chi connectivity index (χ1n) is 5.90. The summed E-state index contributed by atoms with van der Waals surface area (Å²) in [4.78, 5) is 10.9. The fraction of sp³-hybridized carbons (Fsp3) is 0.417. The minimum atomic E-state index is -0.913. The van der Waals surface area contributed by atoms with Crippen molar-refractivity contribution in [3.05, 3.63) is 24.3 Å². The summed E-state index contributed by atoms with van der Waals surface area (Å²) >= 11 is 0. The number of benzene rings is 1. The maximum absolute atomic E-state index is 10.1. The zero-order chi connectivity index (χ0) is 14.4. The number of hydrogen-bond acceptors (Lipinski definition) is 5. The zero-order valence-electron chi connectivity index (χ0n) is 10.9. The van der Waals surface area contributed by atoms with E-state index >= 15 is 0 Å². The molecule has 0 aliphatic heterocycles. The number of hydrogen-bond donors (Lipinski definition) is 3. The van der Waals surface area contributed by atoms with E-state index in [1.165, 1.54) is 0 Å². The number of aliphatic carboxylic acids is 1. The van der Waals surface area contributed by atoms with E-state index in [9.17, 15) is 4.79 Å². The molecule has 0 fully saturated rings. The van der Waals surface area contributed by atoms with E-state index < -0.39 is 12.0 Å². The molecule has 1 unspecified atom stereocenters. The van der Waals surface area contributed by atoms with Crippen LogP contribution in [0.5, 0.6) is 0 Å². The van der Waals surface area contributed by atoms with Gasteiger partial charge < -0.3 is 16.0 Å². The number of nitrogens with zero attached hydrogens (tertiary/aromatic N) is 3. The van der Waals surface area contributed by atoms with E-state index in [0.29, 0.717) is 23.4 Å². The van der Waals surface area contributed by atoms with Crippen LogP contribution >= 0.6 is 0 Å². The van der Waals surface area contributed by atoms with Gasteiger partial charge in [0.05, 0.1) is 0 Å². The monoisotopic (exact) mass is 266 g/mol. The van der Waals surface area contributed by atoms with Crippen LogP contribution in [0.1, 0.15) is 20.3 Å². The lowest BCUT2D eigenvalue weighted by molar-refractivity contribution is -0.138. The Morgan fingerprint density at radius 2 is 2.05 bits per heavy atom. The molecule has 0 spiro atoms. The fourth-order valence-electron chi connectivity index (χ4n) is 1.47. The van der Waals surface area contributed by atoms with E-state index in [1.54, 1.807) is 12.1 Å². The average molecular weight is 266 g/mol. The van der Waals surface area contributed by atoms with E-state index in [4.69, 9.17) is 16.0 Å². The molecule has 1 aromatic heterocycles. The summed E-state index contributed by atoms with van der Waals surface area (Å²) in [6.07, 6.45) is 0.551. The molecule has 0 radical (unpaired) electrons. The quantitative estimate of drug-likeness (QED) is 0.717. The number of aromatic nitrogens is 3. The first kappa shape index (κ1) is 14.9. The number of carboxylic acid groups (broad SMARTS) is 1. The van der Waals surface area contributed by atoms with Gasteiger partial charge in [-0.3, -0.25) is 4.79 Å². The van der Waals surface area contributed by atoms with Gasteiger partial charge in [0.15, 0.2) is 0 Å². The highest BCUT2D eigenvalue weighted by atomic mass is 16.5. The van der Waals surface area contributed by atoms with Crippen molar-refractivity contribution in [3.8, 4) is 0 Å². The molecule has 1 heterocycles. The summed E-state index contributed by atoms with van der Waals surface area (Å²) in [5.74, 6) is -0.556. The van der Waals surface area contributed by atoms with Gasteiger partial charge in [-0.05, 0) is 29.7 Å². The van der Waals surface area contributed by atoms with Crippen molar-refractivity contribution in [1.82, 2.24) is 15.2 Å².